The molecule has 0 amide bonds. The monoisotopic (exact) mass is 418 g/mol. The molecule has 0 saturated heterocycles. The topological polar surface area (TPSA) is 70.6 Å². The summed E-state index contributed by atoms with van der Waals surface area (Å²) in [6.45, 7) is 9.56. The number of aromatic nitrogens is 5. The molecule has 1 unspecified atom stereocenters. The highest BCUT2D eigenvalue weighted by atomic mass is 35.5. The molecule has 3 aromatic rings. The van der Waals surface area contributed by atoms with E-state index >= 15 is 0 Å². The summed E-state index contributed by atoms with van der Waals surface area (Å²) in [5, 5.41) is 15.0. The number of H-pyrrole nitrogens is 1. The van der Waals surface area contributed by atoms with E-state index in [9.17, 15) is 4.39 Å². The first-order chi connectivity index (χ1) is 13.4. The lowest BCUT2D eigenvalue weighted by atomic mass is 9.73. The normalized spacial score (nSPS) is 13.5. The summed E-state index contributed by atoms with van der Waals surface area (Å²) in [7, 11) is 0. The van der Waals surface area contributed by atoms with E-state index in [2.05, 4.69) is 58.2 Å². The van der Waals surface area contributed by atoms with E-state index in [4.69, 9.17) is 0 Å². The van der Waals surface area contributed by atoms with Gasteiger partial charge in [0.05, 0.1) is 5.69 Å². The molecule has 1 aromatic carbocycles. The van der Waals surface area contributed by atoms with E-state index in [1.165, 1.54) is 12.1 Å². The molecule has 1 atom stereocenters. The molecule has 0 aliphatic heterocycles. The first-order valence-electron chi connectivity index (χ1n) is 9.62. The molecule has 3 rings (SSSR count). The highest BCUT2D eigenvalue weighted by Gasteiger charge is 2.42. The smallest absolute Gasteiger partial charge is 0.191 e. The number of hydrogen-bond acceptors (Lipinski definition) is 5. The SMILES string of the molecule is CC(C)N(CCC(c1ccc(F)cc1)(c1ccccn1)c1nn[nH]n1)C(C)C.Cl. The Kier molecular flexibility index (Phi) is 7.81. The van der Waals surface area contributed by atoms with Crippen LogP contribution in [0.15, 0.2) is 48.7 Å². The average molecular weight is 419 g/mol. The van der Waals surface area contributed by atoms with Gasteiger partial charge in [-0.1, -0.05) is 23.4 Å². The summed E-state index contributed by atoms with van der Waals surface area (Å²) in [5.41, 5.74) is 0.973. The number of nitrogens with one attached hydrogen (secondary N) is 1. The zero-order valence-corrected chi connectivity index (χ0v) is 18.0. The second-order valence-electron chi connectivity index (χ2n) is 7.54. The largest absolute Gasteiger partial charge is 0.298 e. The predicted octanol–water partition coefficient (Wildman–Crippen LogP) is 4.00. The summed E-state index contributed by atoms with van der Waals surface area (Å²) in [4.78, 5) is 7.06. The summed E-state index contributed by atoms with van der Waals surface area (Å²) >= 11 is 0. The standard InChI is InChI=1S/C21H27FN6.ClH/c1-15(2)28(16(3)4)14-12-21(20-24-26-27-25-20,19-7-5-6-13-23-19)17-8-10-18(22)11-9-17;/h5-11,13,15-16H,12,14H2,1-4H3,(H,24,25,26,27);1H. The summed E-state index contributed by atoms with van der Waals surface area (Å²) in [6, 6.07) is 13.1. The lowest BCUT2D eigenvalue weighted by Gasteiger charge is -2.36. The van der Waals surface area contributed by atoms with Crippen LogP contribution in [0.25, 0.3) is 0 Å². The number of aromatic amines is 1. The molecular formula is C21H28ClFN6. The van der Waals surface area contributed by atoms with Gasteiger partial charge in [0, 0.05) is 24.8 Å². The van der Waals surface area contributed by atoms with Crippen LogP contribution in [-0.4, -0.2) is 49.1 Å². The molecule has 0 bridgehead atoms. The highest BCUT2D eigenvalue weighted by Crippen LogP contribution is 2.39. The van der Waals surface area contributed by atoms with Crippen molar-refractivity contribution in [2.45, 2.75) is 51.6 Å². The quantitative estimate of drug-likeness (QED) is 0.598. The van der Waals surface area contributed by atoms with Crippen molar-refractivity contribution in [3.05, 3.63) is 71.6 Å². The van der Waals surface area contributed by atoms with Gasteiger partial charge >= 0.3 is 0 Å². The van der Waals surface area contributed by atoms with Crippen LogP contribution in [0.2, 0.25) is 0 Å². The maximum Gasteiger partial charge on any atom is 0.191 e. The Labute approximate surface area is 177 Å². The third-order valence-corrected chi connectivity index (χ3v) is 5.24. The van der Waals surface area contributed by atoms with Crippen LogP contribution in [0.1, 0.15) is 51.2 Å². The maximum atomic E-state index is 13.7. The minimum atomic E-state index is -0.732. The number of hydrogen-bond donors (Lipinski definition) is 1. The van der Waals surface area contributed by atoms with Crippen LogP contribution in [0.3, 0.4) is 0 Å². The summed E-state index contributed by atoms with van der Waals surface area (Å²) in [5.74, 6) is 0.253. The molecule has 29 heavy (non-hydrogen) atoms. The lowest BCUT2D eigenvalue weighted by molar-refractivity contribution is 0.163. The van der Waals surface area contributed by atoms with Crippen molar-refractivity contribution in [1.82, 2.24) is 30.5 Å². The van der Waals surface area contributed by atoms with E-state index in [1.54, 1.807) is 18.3 Å². The third-order valence-electron chi connectivity index (χ3n) is 5.24. The minimum absolute atomic E-state index is 0. The minimum Gasteiger partial charge on any atom is -0.298 e. The van der Waals surface area contributed by atoms with E-state index < -0.39 is 5.41 Å². The number of tetrazole rings is 1. The van der Waals surface area contributed by atoms with E-state index in [-0.39, 0.29) is 18.2 Å². The molecule has 2 heterocycles. The fourth-order valence-electron chi connectivity index (χ4n) is 3.88. The van der Waals surface area contributed by atoms with Crippen LogP contribution in [0.4, 0.5) is 4.39 Å². The van der Waals surface area contributed by atoms with E-state index in [1.807, 2.05) is 18.2 Å². The Morgan fingerprint density at radius 2 is 1.72 bits per heavy atom. The second-order valence-corrected chi connectivity index (χ2v) is 7.54. The molecule has 0 radical (unpaired) electrons. The number of rotatable bonds is 8. The molecular weight excluding hydrogens is 391 g/mol. The van der Waals surface area contributed by atoms with Gasteiger partial charge in [0.15, 0.2) is 5.82 Å². The molecule has 2 aromatic heterocycles. The van der Waals surface area contributed by atoms with Gasteiger partial charge in [-0.05, 0) is 63.9 Å². The van der Waals surface area contributed by atoms with Crippen LogP contribution >= 0.6 is 12.4 Å². The Balaban J connectivity index is 0.00000300. The van der Waals surface area contributed by atoms with Crippen molar-refractivity contribution < 1.29 is 4.39 Å². The summed E-state index contributed by atoms with van der Waals surface area (Å²) in [6.07, 6.45) is 2.45. The Morgan fingerprint density at radius 1 is 1.03 bits per heavy atom. The fourth-order valence-corrected chi connectivity index (χ4v) is 3.88. The van der Waals surface area contributed by atoms with Crippen molar-refractivity contribution in [3.63, 3.8) is 0 Å². The zero-order chi connectivity index (χ0) is 20.1. The van der Waals surface area contributed by atoms with Crippen LogP contribution in [-0.2, 0) is 5.41 Å². The van der Waals surface area contributed by atoms with Crippen molar-refractivity contribution in [1.29, 1.82) is 0 Å². The lowest BCUT2D eigenvalue weighted by Crippen LogP contribution is -2.42. The number of halogens is 2. The molecule has 6 nitrogen and oxygen atoms in total. The second kappa shape index (κ2) is 9.89. The summed E-state index contributed by atoms with van der Waals surface area (Å²) < 4.78 is 13.7. The van der Waals surface area contributed by atoms with Crippen molar-refractivity contribution in [2.75, 3.05) is 6.54 Å². The maximum absolute atomic E-state index is 13.7. The van der Waals surface area contributed by atoms with Gasteiger partial charge in [-0.25, -0.2) is 4.39 Å². The Hall–Kier alpha value is -2.38. The molecule has 1 N–H and O–H groups in total. The molecule has 0 aliphatic carbocycles. The molecule has 0 spiro atoms. The van der Waals surface area contributed by atoms with Crippen molar-refractivity contribution in [3.8, 4) is 0 Å². The number of pyridine rings is 1. The van der Waals surface area contributed by atoms with Gasteiger partial charge in [0.2, 0.25) is 0 Å². The Morgan fingerprint density at radius 3 is 2.24 bits per heavy atom. The predicted molar refractivity (Wildman–Crippen MR) is 114 cm³/mol. The van der Waals surface area contributed by atoms with Gasteiger partial charge in [-0.15, -0.1) is 22.6 Å². The van der Waals surface area contributed by atoms with Crippen molar-refractivity contribution in [2.24, 2.45) is 0 Å². The van der Waals surface area contributed by atoms with Gasteiger partial charge in [-0.3, -0.25) is 9.88 Å². The number of nitrogens with zero attached hydrogens (tertiary/aromatic N) is 5. The molecule has 8 heteroatoms. The van der Waals surface area contributed by atoms with Gasteiger partial charge in [0.1, 0.15) is 11.2 Å². The molecule has 0 saturated carbocycles. The van der Waals surface area contributed by atoms with Gasteiger partial charge in [0.25, 0.3) is 0 Å². The molecule has 156 valence electrons. The average Bonchev–Trinajstić information content (AvgIpc) is 3.21. The van der Waals surface area contributed by atoms with Crippen molar-refractivity contribution >= 4 is 12.4 Å². The number of benzene rings is 1. The molecule has 0 aliphatic rings. The fraction of sp³-hybridized carbons (Fsp3) is 0.429. The Bertz CT molecular complexity index is 847. The van der Waals surface area contributed by atoms with Gasteiger partial charge in [-0.2, -0.15) is 5.21 Å². The van der Waals surface area contributed by atoms with Crippen LogP contribution in [0.5, 0.6) is 0 Å². The first-order valence-corrected chi connectivity index (χ1v) is 9.62. The van der Waals surface area contributed by atoms with Crippen LogP contribution in [0, 0.1) is 5.82 Å². The van der Waals surface area contributed by atoms with E-state index in [0.29, 0.717) is 24.3 Å². The van der Waals surface area contributed by atoms with Crippen LogP contribution < -0.4 is 0 Å². The highest BCUT2D eigenvalue weighted by molar-refractivity contribution is 5.85. The third kappa shape index (κ3) is 4.79. The van der Waals surface area contributed by atoms with E-state index in [0.717, 1.165) is 17.8 Å². The molecule has 0 fully saturated rings. The zero-order valence-electron chi connectivity index (χ0n) is 17.2. The first kappa shape index (κ1) is 22.9. The van der Waals surface area contributed by atoms with Gasteiger partial charge < -0.3 is 0 Å².